The summed E-state index contributed by atoms with van der Waals surface area (Å²) in [6.45, 7) is 14.3. The predicted molar refractivity (Wildman–Crippen MR) is 106 cm³/mol. The first-order valence-electron chi connectivity index (χ1n) is 9.17. The first-order valence-corrected chi connectivity index (χ1v) is 9.17. The van der Waals surface area contributed by atoms with Crippen LogP contribution in [0, 0.1) is 0 Å². The van der Waals surface area contributed by atoms with Gasteiger partial charge in [0.05, 0.1) is 12.2 Å². The van der Waals surface area contributed by atoms with Crippen molar-refractivity contribution in [1.29, 1.82) is 0 Å². The molecule has 27 heavy (non-hydrogen) atoms. The van der Waals surface area contributed by atoms with E-state index in [2.05, 4.69) is 54.4 Å². The lowest BCUT2D eigenvalue weighted by molar-refractivity contribution is -0.112. The third-order valence-electron chi connectivity index (χ3n) is 3.92. The molecule has 7 nitrogen and oxygen atoms in total. The first-order chi connectivity index (χ1) is 13.0. The highest BCUT2D eigenvalue weighted by Crippen LogP contribution is 2.23. The molecule has 3 heterocycles. The van der Waals surface area contributed by atoms with Gasteiger partial charge in [-0.15, -0.1) is 10.2 Å². The molecule has 1 aliphatic rings. The van der Waals surface area contributed by atoms with Crippen molar-refractivity contribution in [2.24, 2.45) is 0 Å². The molecule has 0 radical (unpaired) electrons. The standard InChI is InChI=1S/C17H19N5O2.C3H8/c1-11-6-5-9-24-13(3)12(2)17(23)20-15-8-4-7-14(19-15)16-21-18-10-22(11)16;1-3-2/h4,7-8,10-11H,2-3,5-6,9H2,1H3,(H,19,20,23);3H2,1-2H3. The van der Waals surface area contributed by atoms with Gasteiger partial charge in [-0.1, -0.05) is 39.5 Å². The van der Waals surface area contributed by atoms with E-state index in [1.807, 2.05) is 16.7 Å². The van der Waals surface area contributed by atoms with Crippen molar-refractivity contribution in [1.82, 2.24) is 19.7 Å². The average molecular weight is 369 g/mol. The van der Waals surface area contributed by atoms with Crippen LogP contribution in [0.1, 0.15) is 46.1 Å². The zero-order valence-electron chi connectivity index (χ0n) is 16.2. The molecule has 2 bridgehead atoms. The van der Waals surface area contributed by atoms with Crippen LogP contribution in [-0.2, 0) is 9.53 Å². The second-order valence-electron chi connectivity index (χ2n) is 6.37. The fourth-order valence-corrected chi connectivity index (χ4v) is 2.50. The molecular weight excluding hydrogens is 342 g/mol. The predicted octanol–water partition coefficient (Wildman–Crippen LogP) is 4.14. The summed E-state index contributed by atoms with van der Waals surface area (Å²) in [6, 6.07) is 5.54. The maximum atomic E-state index is 12.2. The van der Waals surface area contributed by atoms with Crippen LogP contribution in [0.5, 0.6) is 0 Å². The quantitative estimate of drug-likeness (QED) is 0.706. The van der Waals surface area contributed by atoms with Crippen molar-refractivity contribution in [2.75, 3.05) is 11.9 Å². The lowest BCUT2D eigenvalue weighted by atomic mass is 10.1. The van der Waals surface area contributed by atoms with Crippen LogP contribution in [0.2, 0.25) is 0 Å². The Hall–Kier alpha value is -2.96. The Kier molecular flexibility index (Phi) is 7.28. The molecule has 0 aliphatic carbocycles. The molecule has 2 aromatic rings. The van der Waals surface area contributed by atoms with Crippen LogP contribution in [0.25, 0.3) is 11.5 Å². The number of carbonyl (C=O) groups is 1. The lowest BCUT2D eigenvalue weighted by Gasteiger charge is -2.17. The van der Waals surface area contributed by atoms with E-state index < -0.39 is 5.91 Å². The van der Waals surface area contributed by atoms with Crippen molar-refractivity contribution in [3.8, 4) is 11.5 Å². The van der Waals surface area contributed by atoms with Gasteiger partial charge in [0.2, 0.25) is 0 Å². The Morgan fingerprint density at radius 1 is 1.33 bits per heavy atom. The van der Waals surface area contributed by atoms with Gasteiger partial charge in [-0.3, -0.25) is 4.79 Å². The molecule has 1 atom stereocenters. The summed E-state index contributed by atoms with van der Waals surface area (Å²) in [6.07, 6.45) is 4.62. The summed E-state index contributed by atoms with van der Waals surface area (Å²) in [5, 5.41) is 10.9. The number of nitrogens with one attached hydrogen (secondary N) is 1. The molecule has 3 rings (SSSR count). The van der Waals surface area contributed by atoms with E-state index in [0.717, 1.165) is 12.8 Å². The van der Waals surface area contributed by atoms with Crippen LogP contribution >= 0.6 is 0 Å². The molecule has 0 saturated heterocycles. The van der Waals surface area contributed by atoms with E-state index in [0.29, 0.717) is 23.9 Å². The number of aromatic nitrogens is 4. The number of amides is 1. The van der Waals surface area contributed by atoms with E-state index >= 15 is 0 Å². The number of hydrogen-bond acceptors (Lipinski definition) is 5. The zero-order chi connectivity index (χ0) is 19.8. The minimum atomic E-state index is -0.392. The number of nitrogens with zero attached hydrogens (tertiary/aromatic N) is 4. The van der Waals surface area contributed by atoms with Gasteiger partial charge in [-0.05, 0) is 31.9 Å². The minimum Gasteiger partial charge on any atom is -0.493 e. The molecule has 1 amide bonds. The second kappa shape index (κ2) is 9.66. The number of ether oxygens (including phenoxy) is 1. The van der Waals surface area contributed by atoms with Crippen molar-refractivity contribution in [3.63, 3.8) is 0 Å². The minimum absolute atomic E-state index is 0.190. The summed E-state index contributed by atoms with van der Waals surface area (Å²) >= 11 is 0. The van der Waals surface area contributed by atoms with Crippen molar-refractivity contribution >= 4 is 11.7 Å². The Labute approximate surface area is 160 Å². The molecular formula is C20H27N5O2. The largest absolute Gasteiger partial charge is 0.493 e. The summed E-state index contributed by atoms with van der Waals surface area (Å²) in [7, 11) is 0. The normalized spacial score (nSPS) is 17.6. The Morgan fingerprint density at radius 3 is 2.81 bits per heavy atom. The number of carbonyl (C=O) groups excluding carboxylic acids is 1. The molecule has 1 aliphatic heterocycles. The van der Waals surface area contributed by atoms with Crippen molar-refractivity contribution in [3.05, 3.63) is 49.0 Å². The summed E-state index contributed by atoms with van der Waals surface area (Å²) in [4.78, 5) is 16.7. The molecule has 1 N–H and O–H groups in total. The third-order valence-corrected chi connectivity index (χ3v) is 3.92. The molecule has 0 spiro atoms. The Balaban J connectivity index is 0.000000817. The number of anilines is 1. The lowest BCUT2D eigenvalue weighted by Crippen LogP contribution is -2.17. The number of rotatable bonds is 0. The van der Waals surface area contributed by atoms with E-state index in [1.54, 1.807) is 12.4 Å². The van der Waals surface area contributed by atoms with Gasteiger partial charge in [-0.2, -0.15) is 0 Å². The maximum Gasteiger partial charge on any atom is 0.259 e. The molecule has 7 heteroatoms. The molecule has 0 fully saturated rings. The highest BCUT2D eigenvalue weighted by atomic mass is 16.5. The Bertz CT molecular complexity index is 812. The SMILES string of the molecule is C=C1OCCCC(C)n2cnnc2-c2cccc(n2)NC(=O)C1=C.CCC. The summed E-state index contributed by atoms with van der Waals surface area (Å²) in [5.41, 5.74) is 0.838. The van der Waals surface area contributed by atoms with Crippen molar-refractivity contribution < 1.29 is 9.53 Å². The smallest absolute Gasteiger partial charge is 0.259 e. The fourth-order valence-electron chi connectivity index (χ4n) is 2.50. The molecule has 2 aromatic heterocycles. The van der Waals surface area contributed by atoms with E-state index in [-0.39, 0.29) is 17.4 Å². The average Bonchev–Trinajstić information content (AvgIpc) is 3.14. The number of pyridine rings is 1. The van der Waals surface area contributed by atoms with Gasteiger partial charge in [-0.25, -0.2) is 4.98 Å². The van der Waals surface area contributed by atoms with Crippen LogP contribution in [-0.4, -0.2) is 32.3 Å². The van der Waals surface area contributed by atoms with Gasteiger partial charge in [0.1, 0.15) is 23.6 Å². The van der Waals surface area contributed by atoms with Gasteiger partial charge in [0, 0.05) is 6.04 Å². The summed E-state index contributed by atoms with van der Waals surface area (Å²) in [5.74, 6) is 0.959. The summed E-state index contributed by atoms with van der Waals surface area (Å²) < 4.78 is 7.51. The highest BCUT2D eigenvalue weighted by molar-refractivity contribution is 6.05. The van der Waals surface area contributed by atoms with Crippen molar-refractivity contribution in [2.45, 2.75) is 46.1 Å². The van der Waals surface area contributed by atoms with Crippen LogP contribution in [0.4, 0.5) is 5.82 Å². The number of hydrogen-bond donors (Lipinski definition) is 1. The van der Waals surface area contributed by atoms with Crippen LogP contribution in [0.3, 0.4) is 0 Å². The van der Waals surface area contributed by atoms with Crippen LogP contribution in [0.15, 0.2) is 49.0 Å². The fraction of sp³-hybridized carbons (Fsp3) is 0.400. The zero-order valence-corrected chi connectivity index (χ0v) is 16.2. The van der Waals surface area contributed by atoms with E-state index in [9.17, 15) is 4.79 Å². The molecule has 144 valence electrons. The van der Waals surface area contributed by atoms with E-state index in [1.165, 1.54) is 6.42 Å². The van der Waals surface area contributed by atoms with Gasteiger partial charge >= 0.3 is 0 Å². The van der Waals surface area contributed by atoms with E-state index in [4.69, 9.17) is 4.74 Å². The molecule has 1 unspecified atom stereocenters. The molecule has 0 aromatic carbocycles. The maximum absolute atomic E-state index is 12.2. The van der Waals surface area contributed by atoms with Gasteiger partial charge in [0.15, 0.2) is 5.82 Å². The number of fused-ring (bicyclic) bond motifs is 4. The van der Waals surface area contributed by atoms with Crippen LogP contribution < -0.4 is 5.32 Å². The second-order valence-corrected chi connectivity index (χ2v) is 6.37. The highest BCUT2D eigenvalue weighted by Gasteiger charge is 2.17. The first kappa shape index (κ1) is 20.4. The monoisotopic (exact) mass is 369 g/mol. The van der Waals surface area contributed by atoms with Gasteiger partial charge < -0.3 is 14.6 Å². The molecule has 0 saturated carbocycles. The Morgan fingerprint density at radius 2 is 2.07 bits per heavy atom. The topological polar surface area (TPSA) is 81.9 Å². The third kappa shape index (κ3) is 5.26. The van der Waals surface area contributed by atoms with Gasteiger partial charge in [0.25, 0.3) is 5.91 Å².